The molecule has 3 aromatic carbocycles. The van der Waals surface area contributed by atoms with Gasteiger partial charge in [0.05, 0.1) is 28.4 Å². The van der Waals surface area contributed by atoms with Crippen molar-refractivity contribution in [3.05, 3.63) is 98.3 Å². The Labute approximate surface area is 243 Å². The summed E-state index contributed by atoms with van der Waals surface area (Å²) in [5.74, 6) is -3.60. The maximum atomic E-state index is 15.4. The number of nitriles is 1. The van der Waals surface area contributed by atoms with Gasteiger partial charge in [-0.2, -0.15) is 44.8 Å². The summed E-state index contributed by atoms with van der Waals surface area (Å²) >= 11 is 2.41. The third-order valence-electron chi connectivity index (χ3n) is 6.22. The van der Waals surface area contributed by atoms with Crippen molar-refractivity contribution < 1.29 is 57.9 Å². The van der Waals surface area contributed by atoms with Gasteiger partial charge in [-0.25, -0.2) is 8.78 Å². The Morgan fingerprint density at radius 1 is 0.884 bits per heavy atom. The van der Waals surface area contributed by atoms with Gasteiger partial charge in [-0.3, -0.25) is 9.59 Å². The number of benzene rings is 3. The molecule has 0 aromatic heterocycles. The molecule has 4 nitrogen and oxygen atoms in total. The van der Waals surface area contributed by atoms with Crippen molar-refractivity contribution in [1.82, 2.24) is 0 Å². The van der Waals surface area contributed by atoms with Gasteiger partial charge in [0.25, 0.3) is 5.91 Å². The van der Waals surface area contributed by atoms with Crippen molar-refractivity contribution in [2.24, 2.45) is 0 Å². The number of rotatable bonds is 6. The number of carbonyl (C=O) groups excluding carboxylic acids is 2. The van der Waals surface area contributed by atoms with Crippen molar-refractivity contribution in [3.63, 3.8) is 0 Å². The molecule has 0 spiro atoms. The highest BCUT2D eigenvalue weighted by atomic mass is 79.9. The molecule has 0 aliphatic rings. The van der Waals surface area contributed by atoms with E-state index in [1.54, 1.807) is 0 Å². The number of halogens is 12. The van der Waals surface area contributed by atoms with Crippen LogP contribution in [0.25, 0.3) is 0 Å². The number of carbonyl (C=O) groups is 2. The van der Waals surface area contributed by atoms with Crippen molar-refractivity contribution in [2.75, 3.05) is 11.9 Å². The van der Waals surface area contributed by atoms with Crippen molar-refractivity contribution in [1.29, 1.82) is 5.26 Å². The maximum Gasteiger partial charge on any atom is 0.435 e. The van der Waals surface area contributed by atoms with E-state index in [9.17, 15) is 53.5 Å². The molecule has 0 aliphatic heterocycles. The topological polar surface area (TPSA) is 61.2 Å². The molecule has 1 amide bonds. The van der Waals surface area contributed by atoms with E-state index in [1.807, 2.05) is 6.07 Å². The van der Waals surface area contributed by atoms with Gasteiger partial charge in [0.2, 0.25) is 0 Å². The van der Waals surface area contributed by atoms with Gasteiger partial charge in [0.15, 0.2) is 11.6 Å². The fourth-order valence-electron chi connectivity index (χ4n) is 4.00. The van der Waals surface area contributed by atoms with Gasteiger partial charge in [0, 0.05) is 29.1 Å². The molecule has 0 bridgehead atoms. The second-order valence-electron chi connectivity index (χ2n) is 8.93. The lowest BCUT2D eigenvalue weighted by atomic mass is 9.89. The molecule has 0 fully saturated rings. The van der Waals surface area contributed by atoms with E-state index in [1.165, 1.54) is 24.3 Å². The summed E-state index contributed by atoms with van der Waals surface area (Å²) in [5, 5.41) is 8.87. The Morgan fingerprint density at radius 2 is 1.44 bits per heavy atom. The van der Waals surface area contributed by atoms with Gasteiger partial charge in [-0.1, -0.05) is 22.0 Å². The van der Waals surface area contributed by atoms with Crippen LogP contribution in [0.1, 0.15) is 43.0 Å². The highest BCUT2D eigenvalue weighted by molar-refractivity contribution is 9.10. The van der Waals surface area contributed by atoms with Gasteiger partial charge < -0.3 is 4.90 Å². The number of ketones is 1. The minimum absolute atomic E-state index is 0.00174. The Balaban J connectivity index is 2.06. The summed E-state index contributed by atoms with van der Waals surface area (Å²) in [6.07, 6.45) is -20.5. The van der Waals surface area contributed by atoms with Crippen LogP contribution in [0.15, 0.2) is 59.1 Å². The van der Waals surface area contributed by atoms with Crippen molar-refractivity contribution in [3.8, 4) is 6.07 Å². The van der Waals surface area contributed by atoms with Crippen LogP contribution in [0.4, 0.5) is 54.0 Å². The van der Waals surface area contributed by atoms with Crippen LogP contribution in [0.3, 0.4) is 0 Å². The monoisotopic (exact) mass is 686 g/mol. The average Bonchev–Trinajstić information content (AvgIpc) is 2.90. The van der Waals surface area contributed by atoms with Crippen LogP contribution in [-0.2, 0) is 18.3 Å². The minimum atomic E-state index is -6.71. The fourth-order valence-corrected chi connectivity index (χ4v) is 4.60. The zero-order chi connectivity index (χ0) is 32.7. The predicted octanol–water partition coefficient (Wildman–Crippen LogP) is 8.47. The van der Waals surface area contributed by atoms with Crippen LogP contribution in [-0.4, -0.2) is 31.1 Å². The number of amides is 1. The predicted molar refractivity (Wildman–Crippen MR) is 132 cm³/mol. The highest BCUT2D eigenvalue weighted by Crippen LogP contribution is 2.54. The average molecular weight is 687 g/mol. The Morgan fingerprint density at radius 3 is 1.93 bits per heavy atom. The maximum absolute atomic E-state index is 15.4. The number of hydrogen-bond acceptors (Lipinski definition) is 3. The Hall–Kier alpha value is -4.00. The first-order chi connectivity index (χ1) is 19.6. The second kappa shape index (κ2) is 11.6. The van der Waals surface area contributed by atoms with E-state index in [2.05, 4.69) is 15.9 Å². The quantitative estimate of drug-likeness (QED) is 0.193. The van der Waals surface area contributed by atoms with Crippen LogP contribution in [0, 0.1) is 17.1 Å². The van der Waals surface area contributed by atoms with E-state index >= 15 is 4.39 Å². The van der Waals surface area contributed by atoms with E-state index in [0.29, 0.717) is 0 Å². The van der Waals surface area contributed by atoms with Gasteiger partial charge in [-0.15, -0.1) is 0 Å². The lowest BCUT2D eigenvalue weighted by Gasteiger charge is -2.31. The molecule has 43 heavy (non-hydrogen) atoms. The second-order valence-corrected chi connectivity index (χ2v) is 9.78. The van der Waals surface area contributed by atoms with Crippen molar-refractivity contribution in [2.45, 2.75) is 30.6 Å². The molecule has 16 heteroatoms. The summed E-state index contributed by atoms with van der Waals surface area (Å²) in [7, 11) is 1.11. The summed E-state index contributed by atoms with van der Waals surface area (Å²) < 4.78 is 149. The molecule has 0 aliphatic carbocycles. The molecule has 0 unspecified atom stereocenters. The first kappa shape index (κ1) is 33.5. The number of anilines is 1. The number of alkyl halides is 10. The normalized spacial score (nSPS) is 12.6. The van der Waals surface area contributed by atoms with Gasteiger partial charge in [-0.05, 0) is 54.1 Å². The summed E-state index contributed by atoms with van der Waals surface area (Å²) in [6.45, 7) is 0. The molecule has 228 valence electrons. The van der Waals surface area contributed by atoms with Crippen LogP contribution in [0.5, 0.6) is 0 Å². The summed E-state index contributed by atoms with van der Waals surface area (Å²) in [4.78, 5) is 26.5. The SMILES string of the molecule is CN(C(=O)c1ccc(C#N)cc1)c1cccc(C(=O)Cc2c(Br)cc(C(F)(C(F)(F)F)C(F)(F)F)cc2C(F)(F)F)c1F. The standard InChI is InChI=1S/C27H14BrF11N2O2/c1-41(23(43)14-7-5-13(12-40)6-8-14)20-4-2-3-16(22(20)29)21(42)11-17-18(25(31,32)33)9-15(10-19(17)28)24(30,26(34,35)36)27(37,38)39/h2-10H,11H2,1H3. The number of Topliss-reactive ketones (excluding diaryl/α,β-unsaturated/α-hetero) is 1. The lowest BCUT2D eigenvalue weighted by Crippen LogP contribution is -2.50. The number of nitrogens with zero attached hydrogens (tertiary/aromatic N) is 2. The van der Waals surface area contributed by atoms with E-state index < -0.39 is 86.6 Å². The van der Waals surface area contributed by atoms with Crippen molar-refractivity contribution >= 4 is 33.3 Å². The van der Waals surface area contributed by atoms with E-state index in [4.69, 9.17) is 5.26 Å². The molecule has 0 radical (unpaired) electrons. The highest BCUT2D eigenvalue weighted by Gasteiger charge is 2.73. The van der Waals surface area contributed by atoms with Gasteiger partial charge >= 0.3 is 24.2 Å². The molecule has 0 atom stereocenters. The van der Waals surface area contributed by atoms with Crippen LogP contribution in [0.2, 0.25) is 0 Å². The largest absolute Gasteiger partial charge is 0.435 e. The molecule has 0 saturated heterocycles. The van der Waals surface area contributed by atoms with E-state index in [-0.39, 0.29) is 17.2 Å². The first-order valence-electron chi connectivity index (χ1n) is 11.5. The Bertz CT molecular complexity index is 1590. The first-order valence-corrected chi connectivity index (χ1v) is 12.3. The minimum Gasteiger partial charge on any atom is -0.309 e. The third kappa shape index (κ3) is 6.36. The smallest absolute Gasteiger partial charge is 0.309 e. The van der Waals surface area contributed by atoms with Crippen LogP contribution >= 0.6 is 15.9 Å². The molecule has 0 heterocycles. The number of hydrogen-bond donors (Lipinski definition) is 0. The fraction of sp³-hybridized carbons (Fsp3) is 0.222. The molecule has 3 rings (SSSR count). The van der Waals surface area contributed by atoms with Crippen LogP contribution < -0.4 is 4.90 Å². The summed E-state index contributed by atoms with van der Waals surface area (Å²) in [5.41, 5.74) is -13.2. The molecule has 3 aromatic rings. The molecule has 0 saturated carbocycles. The summed E-state index contributed by atoms with van der Waals surface area (Å²) in [6, 6.07) is 9.01. The molecule has 0 N–H and O–H groups in total. The van der Waals surface area contributed by atoms with Gasteiger partial charge in [0.1, 0.15) is 0 Å². The zero-order valence-electron chi connectivity index (χ0n) is 21.1. The lowest BCUT2D eigenvalue weighted by molar-refractivity contribution is -0.348. The zero-order valence-corrected chi connectivity index (χ0v) is 22.7. The molecular weight excluding hydrogens is 673 g/mol. The third-order valence-corrected chi connectivity index (χ3v) is 6.93. The Kier molecular flexibility index (Phi) is 9.03. The van der Waals surface area contributed by atoms with E-state index in [0.717, 1.165) is 30.1 Å². The molecular formula is C27H14BrF11N2O2.